The van der Waals surface area contributed by atoms with Crippen molar-refractivity contribution in [3.05, 3.63) is 47.0 Å². The van der Waals surface area contributed by atoms with E-state index >= 15 is 0 Å². The molecule has 8 nitrogen and oxygen atoms in total. The van der Waals surface area contributed by atoms with Crippen molar-refractivity contribution in [2.24, 2.45) is 5.92 Å². The maximum absolute atomic E-state index is 13.6. The van der Waals surface area contributed by atoms with Gasteiger partial charge in [0, 0.05) is 24.8 Å². The van der Waals surface area contributed by atoms with Crippen molar-refractivity contribution in [3.63, 3.8) is 0 Å². The molecule has 2 aliphatic rings. The van der Waals surface area contributed by atoms with Crippen LogP contribution in [0.25, 0.3) is 0 Å². The van der Waals surface area contributed by atoms with Crippen LogP contribution in [0.3, 0.4) is 0 Å². The van der Waals surface area contributed by atoms with Gasteiger partial charge in [-0.15, -0.1) is 0 Å². The largest absolute Gasteiger partial charge is 0.478 e. The monoisotopic (exact) mass is 485 g/mol. The highest BCUT2D eigenvalue weighted by Gasteiger charge is 2.36. The van der Waals surface area contributed by atoms with E-state index in [9.17, 15) is 18.0 Å². The molecule has 0 unspecified atom stereocenters. The zero-order chi connectivity index (χ0) is 24.6. The van der Waals surface area contributed by atoms with E-state index in [-0.39, 0.29) is 23.3 Å². The van der Waals surface area contributed by atoms with Crippen LogP contribution in [0.1, 0.15) is 42.9 Å². The molecule has 2 aliphatic heterocycles. The first kappa shape index (κ1) is 24.2. The number of benzene rings is 2. The number of carbonyl (C=O) groups is 2. The molecule has 2 amide bonds. The quantitative estimate of drug-likeness (QED) is 0.671. The van der Waals surface area contributed by atoms with E-state index in [0.717, 1.165) is 16.8 Å². The Kier molecular flexibility index (Phi) is 6.69. The highest BCUT2D eigenvalue weighted by Crippen LogP contribution is 2.36. The van der Waals surface area contributed by atoms with Crippen LogP contribution in [0.5, 0.6) is 5.75 Å². The average Bonchev–Trinajstić information content (AvgIpc) is 2.77. The van der Waals surface area contributed by atoms with Gasteiger partial charge in [0.15, 0.2) is 6.10 Å². The highest BCUT2D eigenvalue weighted by atomic mass is 32.2. The normalized spacial score (nSPS) is 20.8. The van der Waals surface area contributed by atoms with Crippen molar-refractivity contribution in [3.8, 4) is 5.75 Å². The van der Waals surface area contributed by atoms with Crippen molar-refractivity contribution >= 4 is 33.2 Å². The molecule has 1 saturated heterocycles. The van der Waals surface area contributed by atoms with Crippen LogP contribution in [0.4, 0.5) is 11.4 Å². The van der Waals surface area contributed by atoms with Gasteiger partial charge in [-0.25, -0.2) is 8.42 Å². The van der Waals surface area contributed by atoms with E-state index in [1.54, 1.807) is 13.0 Å². The lowest BCUT2D eigenvalue weighted by Gasteiger charge is -2.32. The SMILES string of the molecule is CC[C@H]1Oc2cc(S(=O)(=O)N3CCC[C@H](C(=O)Nc4cc(C)cc(C)c4)C3)c(C)cc2NC1=O. The van der Waals surface area contributed by atoms with Gasteiger partial charge in [0.05, 0.1) is 16.5 Å². The molecule has 182 valence electrons. The Morgan fingerprint density at radius 3 is 2.53 bits per heavy atom. The molecule has 0 spiro atoms. The number of rotatable bonds is 5. The van der Waals surface area contributed by atoms with Crippen LogP contribution in [0.15, 0.2) is 35.2 Å². The summed E-state index contributed by atoms with van der Waals surface area (Å²) in [5.74, 6) is -0.512. The molecule has 9 heteroatoms. The van der Waals surface area contributed by atoms with Gasteiger partial charge >= 0.3 is 0 Å². The second kappa shape index (κ2) is 9.38. The van der Waals surface area contributed by atoms with E-state index in [2.05, 4.69) is 10.6 Å². The van der Waals surface area contributed by atoms with Gasteiger partial charge in [0.25, 0.3) is 5.91 Å². The number of hydrogen-bond donors (Lipinski definition) is 2. The second-order valence-electron chi connectivity index (χ2n) is 9.19. The maximum Gasteiger partial charge on any atom is 0.265 e. The standard InChI is InChI=1S/C25H31N3O5S/c1-5-21-25(30)27-20-12-17(4)23(13-22(20)33-21)34(31,32)28-8-6-7-18(14-28)24(29)26-19-10-15(2)9-16(3)11-19/h9-13,18,21H,5-8,14H2,1-4H3,(H,26,29)(H,27,30)/t18-,21+/m0/s1. The van der Waals surface area contributed by atoms with Gasteiger partial charge in [-0.05, 0) is 74.9 Å². The predicted molar refractivity (Wildman–Crippen MR) is 131 cm³/mol. The smallest absolute Gasteiger partial charge is 0.265 e. The molecule has 0 radical (unpaired) electrons. The van der Waals surface area contributed by atoms with E-state index in [0.29, 0.717) is 42.8 Å². The summed E-state index contributed by atoms with van der Waals surface area (Å²) in [6.07, 6.45) is 1.04. The molecule has 4 rings (SSSR count). The summed E-state index contributed by atoms with van der Waals surface area (Å²) in [5, 5.41) is 5.74. The number of nitrogens with one attached hydrogen (secondary N) is 2. The number of amides is 2. The summed E-state index contributed by atoms with van der Waals surface area (Å²) in [6.45, 7) is 7.93. The second-order valence-corrected chi connectivity index (χ2v) is 11.1. The van der Waals surface area contributed by atoms with Crippen molar-refractivity contribution in [2.75, 3.05) is 23.7 Å². The summed E-state index contributed by atoms with van der Waals surface area (Å²) >= 11 is 0. The molecule has 2 heterocycles. The van der Waals surface area contributed by atoms with Crippen LogP contribution in [-0.2, 0) is 19.6 Å². The number of hydrogen-bond acceptors (Lipinski definition) is 5. The van der Waals surface area contributed by atoms with E-state index in [1.165, 1.54) is 10.4 Å². The minimum absolute atomic E-state index is 0.116. The number of piperidine rings is 1. The first-order valence-electron chi connectivity index (χ1n) is 11.6. The average molecular weight is 486 g/mol. The summed E-state index contributed by atoms with van der Waals surface area (Å²) in [4.78, 5) is 25.2. The Bertz CT molecular complexity index is 1220. The van der Waals surface area contributed by atoms with Crippen LogP contribution in [0, 0.1) is 26.7 Å². The maximum atomic E-state index is 13.6. The Balaban J connectivity index is 1.54. The summed E-state index contributed by atoms with van der Waals surface area (Å²) in [5.41, 5.74) is 3.80. The van der Waals surface area contributed by atoms with Gasteiger partial charge in [0.2, 0.25) is 15.9 Å². The minimum Gasteiger partial charge on any atom is -0.478 e. The fourth-order valence-corrected chi connectivity index (χ4v) is 6.38. The van der Waals surface area contributed by atoms with Crippen molar-refractivity contribution in [2.45, 2.75) is 58.0 Å². The van der Waals surface area contributed by atoms with E-state index in [1.807, 2.05) is 39.0 Å². The zero-order valence-corrected chi connectivity index (χ0v) is 20.8. The third-order valence-electron chi connectivity index (χ3n) is 6.33. The molecule has 34 heavy (non-hydrogen) atoms. The summed E-state index contributed by atoms with van der Waals surface area (Å²) < 4.78 is 34.3. The van der Waals surface area contributed by atoms with Crippen molar-refractivity contribution in [1.29, 1.82) is 0 Å². The molecule has 0 aromatic heterocycles. The van der Waals surface area contributed by atoms with Crippen LogP contribution in [-0.4, -0.2) is 43.7 Å². The third kappa shape index (κ3) is 4.81. The fourth-order valence-electron chi connectivity index (χ4n) is 4.64. The van der Waals surface area contributed by atoms with E-state index in [4.69, 9.17) is 4.74 Å². The Labute approximate surface area is 200 Å². The zero-order valence-electron chi connectivity index (χ0n) is 20.0. The molecule has 2 aromatic carbocycles. The molecule has 1 fully saturated rings. The number of ether oxygens (including phenoxy) is 1. The Morgan fingerprint density at radius 1 is 1.15 bits per heavy atom. The van der Waals surface area contributed by atoms with Crippen LogP contribution in [0.2, 0.25) is 0 Å². The van der Waals surface area contributed by atoms with Crippen LogP contribution < -0.4 is 15.4 Å². The number of nitrogens with zero attached hydrogens (tertiary/aromatic N) is 1. The minimum atomic E-state index is -3.86. The van der Waals surface area contributed by atoms with E-state index < -0.39 is 22.0 Å². The Morgan fingerprint density at radius 2 is 1.85 bits per heavy atom. The molecule has 2 aromatic rings. The number of fused-ring (bicyclic) bond motifs is 1. The summed E-state index contributed by atoms with van der Waals surface area (Å²) in [7, 11) is -3.86. The molecule has 0 aliphatic carbocycles. The number of aryl methyl sites for hydroxylation is 3. The topological polar surface area (TPSA) is 105 Å². The van der Waals surface area contributed by atoms with Gasteiger partial charge in [-0.2, -0.15) is 4.31 Å². The number of carbonyl (C=O) groups excluding carboxylic acids is 2. The number of sulfonamides is 1. The molecule has 2 N–H and O–H groups in total. The van der Waals surface area contributed by atoms with Gasteiger partial charge in [-0.1, -0.05) is 13.0 Å². The fraction of sp³-hybridized carbons (Fsp3) is 0.440. The third-order valence-corrected chi connectivity index (χ3v) is 8.34. The Hall–Kier alpha value is -2.91. The van der Waals surface area contributed by atoms with Crippen molar-refractivity contribution in [1.82, 2.24) is 4.31 Å². The van der Waals surface area contributed by atoms with Gasteiger partial charge in [-0.3, -0.25) is 9.59 Å². The summed E-state index contributed by atoms with van der Waals surface area (Å²) in [6, 6.07) is 8.95. The lowest BCUT2D eigenvalue weighted by molar-refractivity contribution is -0.123. The van der Waals surface area contributed by atoms with Crippen molar-refractivity contribution < 1.29 is 22.7 Å². The first-order chi connectivity index (χ1) is 16.1. The van der Waals surface area contributed by atoms with Crippen LogP contribution >= 0.6 is 0 Å². The number of anilines is 2. The lowest BCUT2D eigenvalue weighted by atomic mass is 9.98. The molecular weight excluding hydrogens is 454 g/mol. The molecular formula is C25H31N3O5S. The van der Waals surface area contributed by atoms with Gasteiger partial charge < -0.3 is 15.4 Å². The van der Waals surface area contributed by atoms with Gasteiger partial charge in [0.1, 0.15) is 5.75 Å². The first-order valence-corrected chi connectivity index (χ1v) is 13.0. The predicted octanol–water partition coefficient (Wildman–Crippen LogP) is 3.76. The molecule has 0 bridgehead atoms. The molecule has 0 saturated carbocycles. The lowest BCUT2D eigenvalue weighted by Crippen LogP contribution is -2.44. The molecule has 2 atom stereocenters. The highest BCUT2D eigenvalue weighted by molar-refractivity contribution is 7.89.